The summed E-state index contributed by atoms with van der Waals surface area (Å²) in [5.74, 6) is -0.106. The van der Waals surface area contributed by atoms with E-state index in [1.165, 1.54) is 6.92 Å². The fourth-order valence-electron chi connectivity index (χ4n) is 2.31. The predicted molar refractivity (Wildman–Crippen MR) is 105 cm³/mol. The van der Waals surface area contributed by atoms with E-state index in [0.29, 0.717) is 22.2 Å². The molecule has 0 aliphatic rings. The number of hydrogen-bond acceptors (Lipinski definition) is 5. The van der Waals surface area contributed by atoms with Crippen LogP contribution in [0.15, 0.2) is 60.7 Å². The van der Waals surface area contributed by atoms with Crippen LogP contribution in [0, 0.1) is 0 Å². The first kappa shape index (κ1) is 18.3. The minimum absolute atomic E-state index is 0.163. The molecule has 0 spiro atoms. The highest BCUT2D eigenvalue weighted by atomic mass is 35.5. The van der Waals surface area contributed by atoms with Gasteiger partial charge >= 0.3 is 0 Å². The lowest BCUT2D eigenvalue weighted by molar-refractivity contribution is -0.114. The van der Waals surface area contributed by atoms with Crippen molar-refractivity contribution in [2.24, 2.45) is 0 Å². The third-order valence-electron chi connectivity index (χ3n) is 3.44. The van der Waals surface area contributed by atoms with Crippen molar-refractivity contribution in [1.29, 1.82) is 0 Å². The summed E-state index contributed by atoms with van der Waals surface area (Å²) in [6.07, 6.45) is 0. The van der Waals surface area contributed by atoms with Crippen molar-refractivity contribution >= 4 is 46.3 Å². The van der Waals surface area contributed by atoms with Crippen LogP contribution in [-0.2, 0) is 4.79 Å². The zero-order chi connectivity index (χ0) is 19.2. The maximum atomic E-state index is 12.3. The number of benzene rings is 2. The summed E-state index contributed by atoms with van der Waals surface area (Å²) in [4.78, 5) is 23.4. The highest BCUT2D eigenvalue weighted by Gasteiger charge is 2.09. The van der Waals surface area contributed by atoms with Gasteiger partial charge in [-0.25, -0.2) is 0 Å². The standard InChI is InChI=1S/C19H16ClN5O2/c1-12(26)21-15-6-3-7-16(11-15)23-19(27)17-8-9-18(25-24-17)22-14-5-2-4-13(20)10-14/h2-11H,1H3,(H,21,26)(H,22,25)(H,23,27). The Balaban J connectivity index is 1.66. The van der Waals surface area contributed by atoms with Crippen molar-refractivity contribution in [2.75, 3.05) is 16.0 Å². The summed E-state index contributed by atoms with van der Waals surface area (Å²) in [5.41, 5.74) is 2.06. The molecule has 7 nitrogen and oxygen atoms in total. The molecule has 3 rings (SSSR count). The maximum Gasteiger partial charge on any atom is 0.276 e. The molecule has 136 valence electrons. The van der Waals surface area contributed by atoms with Gasteiger partial charge < -0.3 is 16.0 Å². The van der Waals surface area contributed by atoms with Gasteiger partial charge in [0.15, 0.2) is 11.5 Å². The second-order valence-corrected chi connectivity index (χ2v) is 6.09. The fraction of sp³-hybridized carbons (Fsp3) is 0.0526. The largest absolute Gasteiger partial charge is 0.339 e. The molecule has 3 aromatic rings. The molecule has 0 fully saturated rings. The highest BCUT2D eigenvalue weighted by Crippen LogP contribution is 2.19. The number of rotatable bonds is 5. The molecular formula is C19H16ClN5O2. The smallest absolute Gasteiger partial charge is 0.276 e. The molecule has 0 bridgehead atoms. The molecule has 0 aliphatic heterocycles. The second-order valence-electron chi connectivity index (χ2n) is 5.66. The summed E-state index contributed by atoms with van der Waals surface area (Å²) < 4.78 is 0. The molecule has 3 N–H and O–H groups in total. The molecule has 0 radical (unpaired) electrons. The third kappa shape index (κ3) is 5.26. The Morgan fingerprint density at radius 3 is 2.22 bits per heavy atom. The van der Waals surface area contributed by atoms with Crippen molar-refractivity contribution in [3.63, 3.8) is 0 Å². The van der Waals surface area contributed by atoms with Crippen LogP contribution in [-0.4, -0.2) is 22.0 Å². The quantitative estimate of drug-likeness (QED) is 0.618. The van der Waals surface area contributed by atoms with Gasteiger partial charge in [-0.05, 0) is 48.5 Å². The van der Waals surface area contributed by atoms with E-state index >= 15 is 0 Å². The van der Waals surface area contributed by atoms with E-state index < -0.39 is 5.91 Å². The number of halogens is 1. The molecular weight excluding hydrogens is 366 g/mol. The molecule has 0 unspecified atom stereocenters. The molecule has 0 aliphatic carbocycles. The zero-order valence-electron chi connectivity index (χ0n) is 14.4. The topological polar surface area (TPSA) is 96.0 Å². The van der Waals surface area contributed by atoms with E-state index in [-0.39, 0.29) is 11.6 Å². The number of hydrogen-bond donors (Lipinski definition) is 3. The van der Waals surface area contributed by atoms with Crippen molar-refractivity contribution in [2.45, 2.75) is 6.92 Å². The van der Waals surface area contributed by atoms with Crippen molar-refractivity contribution < 1.29 is 9.59 Å². The Kier molecular flexibility index (Phi) is 5.63. The summed E-state index contributed by atoms with van der Waals surface area (Å²) in [6, 6.07) is 17.2. The van der Waals surface area contributed by atoms with Crippen LogP contribution in [0.1, 0.15) is 17.4 Å². The van der Waals surface area contributed by atoms with Crippen LogP contribution in [0.5, 0.6) is 0 Å². The number of aromatic nitrogens is 2. The summed E-state index contributed by atoms with van der Waals surface area (Å²) in [5, 5.41) is 17.0. The van der Waals surface area contributed by atoms with Crippen LogP contribution >= 0.6 is 11.6 Å². The highest BCUT2D eigenvalue weighted by molar-refractivity contribution is 6.30. The number of amides is 2. The molecule has 2 aromatic carbocycles. The Morgan fingerprint density at radius 2 is 1.56 bits per heavy atom. The van der Waals surface area contributed by atoms with E-state index in [4.69, 9.17) is 11.6 Å². The Hall–Kier alpha value is -3.45. The van der Waals surface area contributed by atoms with E-state index in [0.717, 1.165) is 5.69 Å². The van der Waals surface area contributed by atoms with E-state index in [1.54, 1.807) is 48.5 Å². The fourth-order valence-corrected chi connectivity index (χ4v) is 2.50. The van der Waals surface area contributed by atoms with Gasteiger partial charge in [0.25, 0.3) is 5.91 Å². The van der Waals surface area contributed by atoms with Gasteiger partial charge in [0.05, 0.1) is 0 Å². The van der Waals surface area contributed by atoms with Crippen LogP contribution in [0.2, 0.25) is 5.02 Å². The molecule has 2 amide bonds. The Labute approximate surface area is 160 Å². The van der Waals surface area contributed by atoms with Gasteiger partial charge in [0.2, 0.25) is 5.91 Å². The van der Waals surface area contributed by atoms with E-state index in [1.807, 2.05) is 12.1 Å². The average Bonchev–Trinajstić information content (AvgIpc) is 2.62. The first-order valence-electron chi connectivity index (χ1n) is 8.05. The minimum atomic E-state index is -0.406. The minimum Gasteiger partial charge on any atom is -0.339 e. The number of nitrogens with one attached hydrogen (secondary N) is 3. The Morgan fingerprint density at radius 1 is 0.852 bits per heavy atom. The molecule has 1 heterocycles. The number of carbonyl (C=O) groups is 2. The lowest BCUT2D eigenvalue weighted by Crippen LogP contribution is -2.15. The summed E-state index contributed by atoms with van der Waals surface area (Å²) >= 11 is 5.94. The van der Waals surface area contributed by atoms with Crippen molar-refractivity contribution in [3.8, 4) is 0 Å². The molecule has 0 atom stereocenters. The molecule has 27 heavy (non-hydrogen) atoms. The molecule has 8 heteroatoms. The monoisotopic (exact) mass is 381 g/mol. The maximum absolute atomic E-state index is 12.3. The van der Waals surface area contributed by atoms with Crippen LogP contribution in [0.4, 0.5) is 22.9 Å². The van der Waals surface area contributed by atoms with Crippen LogP contribution < -0.4 is 16.0 Å². The van der Waals surface area contributed by atoms with Crippen LogP contribution in [0.25, 0.3) is 0 Å². The first-order valence-corrected chi connectivity index (χ1v) is 8.43. The van der Waals surface area contributed by atoms with E-state index in [2.05, 4.69) is 26.1 Å². The van der Waals surface area contributed by atoms with Crippen molar-refractivity contribution in [3.05, 3.63) is 71.4 Å². The molecule has 0 saturated heterocycles. The number of anilines is 4. The van der Waals surface area contributed by atoms with Crippen LogP contribution in [0.3, 0.4) is 0 Å². The first-order chi connectivity index (χ1) is 13.0. The van der Waals surface area contributed by atoms with Gasteiger partial charge in [-0.15, -0.1) is 10.2 Å². The SMILES string of the molecule is CC(=O)Nc1cccc(NC(=O)c2ccc(Nc3cccc(Cl)c3)nn2)c1. The van der Waals surface area contributed by atoms with Gasteiger partial charge in [0.1, 0.15) is 0 Å². The predicted octanol–water partition coefficient (Wildman–Crippen LogP) is 4.08. The molecule has 0 saturated carbocycles. The summed E-state index contributed by atoms with van der Waals surface area (Å²) in [6.45, 7) is 1.42. The van der Waals surface area contributed by atoms with Gasteiger partial charge in [0, 0.05) is 29.0 Å². The average molecular weight is 382 g/mol. The van der Waals surface area contributed by atoms with Gasteiger partial charge in [-0.2, -0.15) is 0 Å². The van der Waals surface area contributed by atoms with Gasteiger partial charge in [-0.1, -0.05) is 23.7 Å². The van der Waals surface area contributed by atoms with Gasteiger partial charge in [-0.3, -0.25) is 9.59 Å². The molecule has 1 aromatic heterocycles. The second kappa shape index (κ2) is 8.29. The number of carbonyl (C=O) groups excluding carboxylic acids is 2. The van der Waals surface area contributed by atoms with E-state index in [9.17, 15) is 9.59 Å². The number of nitrogens with zero attached hydrogens (tertiary/aromatic N) is 2. The third-order valence-corrected chi connectivity index (χ3v) is 3.67. The summed E-state index contributed by atoms with van der Waals surface area (Å²) in [7, 11) is 0. The normalized spacial score (nSPS) is 10.1. The Bertz CT molecular complexity index is 976. The van der Waals surface area contributed by atoms with Crippen molar-refractivity contribution in [1.82, 2.24) is 10.2 Å². The lowest BCUT2D eigenvalue weighted by Gasteiger charge is -2.08. The lowest BCUT2D eigenvalue weighted by atomic mass is 10.2. The zero-order valence-corrected chi connectivity index (χ0v) is 15.1.